The topological polar surface area (TPSA) is 58.0 Å². The number of oxime groups is 1. The van der Waals surface area contributed by atoms with Gasteiger partial charge in [0.15, 0.2) is 5.84 Å². The average molecular weight is 311 g/mol. The molecule has 2 heterocycles. The zero-order valence-electron chi connectivity index (χ0n) is 13.1. The van der Waals surface area contributed by atoms with Crippen molar-refractivity contribution in [2.45, 2.75) is 25.9 Å². The number of benzene rings is 1. The van der Waals surface area contributed by atoms with Crippen LogP contribution >= 0.6 is 0 Å². The number of hydrogen-bond donors (Lipinski definition) is 1. The fraction of sp³-hybridized carbons (Fsp3) is 0.333. The Labute approximate surface area is 136 Å². The molecule has 0 bridgehead atoms. The van der Waals surface area contributed by atoms with Crippen molar-refractivity contribution < 1.29 is 9.94 Å². The van der Waals surface area contributed by atoms with Gasteiger partial charge in [0, 0.05) is 19.3 Å². The smallest absolute Gasteiger partial charge is 0.224 e. The molecule has 120 valence electrons. The van der Waals surface area contributed by atoms with Crippen molar-refractivity contribution in [3.63, 3.8) is 0 Å². The Kier molecular flexibility index (Phi) is 5.09. The van der Waals surface area contributed by atoms with Crippen LogP contribution in [0, 0.1) is 0 Å². The molecule has 0 radical (unpaired) electrons. The molecule has 3 rings (SSSR count). The van der Waals surface area contributed by atoms with Gasteiger partial charge in [0.25, 0.3) is 0 Å². The maximum atomic E-state index is 9.50. The summed E-state index contributed by atoms with van der Waals surface area (Å²) >= 11 is 0. The van der Waals surface area contributed by atoms with Crippen LogP contribution in [0.2, 0.25) is 0 Å². The highest BCUT2D eigenvalue weighted by atomic mass is 16.5. The van der Waals surface area contributed by atoms with Crippen LogP contribution in [0.3, 0.4) is 0 Å². The number of likely N-dealkylation sites (tertiary alicyclic amines) is 1. The summed E-state index contributed by atoms with van der Waals surface area (Å²) < 4.78 is 5.87. The maximum absolute atomic E-state index is 9.50. The fourth-order valence-electron chi connectivity index (χ4n) is 2.80. The van der Waals surface area contributed by atoms with Crippen LogP contribution < -0.4 is 4.74 Å². The standard InChI is InChI=1S/C18H21N3O2/c22-20-17(21-12-5-2-6-13-21)16-10-7-11-19-18(16)23-14-15-8-3-1-4-9-15/h1,3-4,7-11,22H,2,5-6,12-14H2/b20-17-. The van der Waals surface area contributed by atoms with Gasteiger partial charge in [-0.1, -0.05) is 35.5 Å². The van der Waals surface area contributed by atoms with Crippen LogP contribution in [0.25, 0.3) is 0 Å². The molecule has 1 aliphatic rings. The zero-order chi connectivity index (χ0) is 15.9. The van der Waals surface area contributed by atoms with E-state index < -0.39 is 0 Å². The first-order valence-electron chi connectivity index (χ1n) is 7.97. The van der Waals surface area contributed by atoms with Crippen LogP contribution in [0.1, 0.15) is 30.4 Å². The van der Waals surface area contributed by atoms with Gasteiger partial charge in [-0.2, -0.15) is 0 Å². The Morgan fingerprint density at radius 1 is 1.09 bits per heavy atom. The first-order valence-corrected chi connectivity index (χ1v) is 7.97. The Morgan fingerprint density at radius 2 is 1.87 bits per heavy atom. The molecule has 0 aliphatic carbocycles. The molecule has 0 unspecified atom stereocenters. The van der Waals surface area contributed by atoms with Crippen molar-refractivity contribution in [1.82, 2.24) is 9.88 Å². The summed E-state index contributed by atoms with van der Waals surface area (Å²) in [5.74, 6) is 1.04. The minimum absolute atomic E-state index is 0.434. The molecule has 1 aromatic heterocycles. The monoisotopic (exact) mass is 311 g/mol. The Balaban J connectivity index is 1.79. The average Bonchev–Trinajstić information content (AvgIpc) is 2.63. The molecule has 1 N–H and O–H groups in total. The number of rotatable bonds is 4. The fourth-order valence-corrected chi connectivity index (χ4v) is 2.80. The molecule has 2 aromatic rings. The molecular formula is C18H21N3O2. The number of ether oxygens (including phenoxy) is 1. The number of nitrogens with zero attached hydrogens (tertiary/aromatic N) is 3. The Bertz CT molecular complexity index is 652. The lowest BCUT2D eigenvalue weighted by atomic mass is 10.1. The van der Waals surface area contributed by atoms with Gasteiger partial charge in [-0.05, 0) is 37.0 Å². The lowest BCUT2D eigenvalue weighted by Gasteiger charge is -2.29. The van der Waals surface area contributed by atoms with Gasteiger partial charge in [-0.15, -0.1) is 0 Å². The van der Waals surface area contributed by atoms with Crippen LogP contribution in [-0.4, -0.2) is 34.0 Å². The van der Waals surface area contributed by atoms with Gasteiger partial charge < -0.3 is 14.8 Å². The summed E-state index contributed by atoms with van der Waals surface area (Å²) in [5.41, 5.74) is 1.80. The van der Waals surface area contributed by atoms with Crippen LogP contribution in [0.5, 0.6) is 5.88 Å². The van der Waals surface area contributed by atoms with Gasteiger partial charge in [0.1, 0.15) is 6.61 Å². The van der Waals surface area contributed by atoms with E-state index >= 15 is 0 Å². The van der Waals surface area contributed by atoms with E-state index in [-0.39, 0.29) is 0 Å². The highest BCUT2D eigenvalue weighted by Gasteiger charge is 2.21. The SMILES string of the molecule is O/N=C(/c1cccnc1OCc1ccccc1)N1CCCCC1. The second-order valence-corrected chi connectivity index (χ2v) is 5.60. The quantitative estimate of drug-likeness (QED) is 0.407. The van der Waals surface area contributed by atoms with E-state index in [0.29, 0.717) is 18.3 Å². The largest absolute Gasteiger partial charge is 0.472 e. The molecule has 5 heteroatoms. The van der Waals surface area contributed by atoms with Gasteiger partial charge in [0.2, 0.25) is 5.88 Å². The molecule has 1 fully saturated rings. The van der Waals surface area contributed by atoms with E-state index in [0.717, 1.165) is 37.1 Å². The lowest BCUT2D eigenvalue weighted by Crippen LogP contribution is -2.36. The van der Waals surface area contributed by atoms with Crippen molar-refractivity contribution in [2.75, 3.05) is 13.1 Å². The third-order valence-electron chi connectivity index (χ3n) is 3.98. The first-order chi connectivity index (χ1) is 11.4. The number of piperidine rings is 1. The second-order valence-electron chi connectivity index (χ2n) is 5.60. The Morgan fingerprint density at radius 3 is 2.61 bits per heavy atom. The van der Waals surface area contributed by atoms with Gasteiger partial charge in [-0.3, -0.25) is 0 Å². The van der Waals surface area contributed by atoms with Gasteiger partial charge >= 0.3 is 0 Å². The van der Waals surface area contributed by atoms with E-state index in [4.69, 9.17) is 4.74 Å². The summed E-state index contributed by atoms with van der Waals surface area (Å²) in [4.78, 5) is 6.41. The molecule has 1 saturated heterocycles. The highest BCUT2D eigenvalue weighted by molar-refractivity contribution is 6.00. The van der Waals surface area contributed by atoms with Crippen molar-refractivity contribution >= 4 is 5.84 Å². The molecule has 1 aromatic carbocycles. The number of hydrogen-bond acceptors (Lipinski definition) is 4. The summed E-state index contributed by atoms with van der Waals surface area (Å²) in [6.07, 6.45) is 5.13. The Hall–Kier alpha value is -2.56. The van der Waals surface area contributed by atoms with Gasteiger partial charge in [0.05, 0.1) is 5.56 Å². The summed E-state index contributed by atoms with van der Waals surface area (Å²) in [7, 11) is 0. The first kappa shape index (κ1) is 15.3. The third kappa shape index (κ3) is 3.80. The molecular weight excluding hydrogens is 290 g/mol. The molecule has 5 nitrogen and oxygen atoms in total. The number of pyridine rings is 1. The van der Waals surface area contributed by atoms with Crippen molar-refractivity contribution in [3.8, 4) is 5.88 Å². The molecule has 0 spiro atoms. The van der Waals surface area contributed by atoms with Crippen molar-refractivity contribution in [1.29, 1.82) is 0 Å². The maximum Gasteiger partial charge on any atom is 0.224 e. The van der Waals surface area contributed by atoms with E-state index in [1.54, 1.807) is 6.20 Å². The summed E-state index contributed by atoms with van der Waals surface area (Å²) in [5, 5.41) is 13.0. The normalized spacial score (nSPS) is 15.5. The minimum Gasteiger partial charge on any atom is -0.472 e. The van der Waals surface area contributed by atoms with Gasteiger partial charge in [-0.25, -0.2) is 4.98 Å². The number of aromatic nitrogens is 1. The van der Waals surface area contributed by atoms with Crippen molar-refractivity contribution in [2.24, 2.45) is 5.16 Å². The van der Waals surface area contributed by atoms with E-state index in [2.05, 4.69) is 15.0 Å². The third-order valence-corrected chi connectivity index (χ3v) is 3.98. The predicted octanol–water partition coefficient (Wildman–Crippen LogP) is 3.28. The molecule has 0 saturated carbocycles. The van der Waals surface area contributed by atoms with Crippen LogP contribution in [0.15, 0.2) is 53.8 Å². The minimum atomic E-state index is 0.434. The van der Waals surface area contributed by atoms with E-state index in [9.17, 15) is 5.21 Å². The number of amidine groups is 1. The lowest BCUT2D eigenvalue weighted by molar-refractivity contribution is 0.277. The molecule has 23 heavy (non-hydrogen) atoms. The molecule has 0 atom stereocenters. The molecule has 1 aliphatic heterocycles. The zero-order valence-corrected chi connectivity index (χ0v) is 13.1. The summed E-state index contributed by atoms with van der Waals surface area (Å²) in [6.45, 7) is 2.22. The second kappa shape index (κ2) is 7.63. The van der Waals surface area contributed by atoms with Crippen LogP contribution in [0.4, 0.5) is 0 Å². The highest BCUT2D eigenvalue weighted by Crippen LogP contribution is 2.21. The van der Waals surface area contributed by atoms with Crippen molar-refractivity contribution in [3.05, 3.63) is 59.8 Å². The summed E-state index contributed by atoms with van der Waals surface area (Å²) in [6, 6.07) is 13.7. The predicted molar refractivity (Wildman–Crippen MR) is 88.8 cm³/mol. The van der Waals surface area contributed by atoms with E-state index in [1.807, 2.05) is 42.5 Å². The molecule has 0 amide bonds. The van der Waals surface area contributed by atoms with Crippen LogP contribution in [-0.2, 0) is 6.61 Å². The van der Waals surface area contributed by atoms with E-state index in [1.165, 1.54) is 6.42 Å².